The highest BCUT2D eigenvalue weighted by molar-refractivity contribution is 5.76. The summed E-state index contributed by atoms with van der Waals surface area (Å²) in [6.07, 6.45) is 4.63. The molecule has 1 aliphatic heterocycles. The highest BCUT2D eigenvalue weighted by Gasteiger charge is 2.17. The van der Waals surface area contributed by atoms with Crippen LogP contribution in [0.5, 0.6) is 0 Å². The smallest absolute Gasteiger partial charge is 0.318 e. The first-order valence-corrected chi connectivity index (χ1v) is 7.12. The first kappa shape index (κ1) is 13.5. The summed E-state index contributed by atoms with van der Waals surface area (Å²) in [7, 11) is 0. The molecule has 108 valence electrons. The number of amides is 2. The van der Waals surface area contributed by atoms with E-state index in [-0.39, 0.29) is 6.03 Å². The highest BCUT2D eigenvalue weighted by Crippen LogP contribution is 2.21. The molecule has 0 radical (unpaired) electrons. The van der Waals surface area contributed by atoms with Gasteiger partial charge in [-0.3, -0.25) is 0 Å². The Morgan fingerprint density at radius 2 is 2.05 bits per heavy atom. The Kier molecular flexibility index (Phi) is 4.05. The monoisotopic (exact) mass is 282 g/mol. The molecule has 21 heavy (non-hydrogen) atoms. The molecule has 0 aliphatic carbocycles. The maximum atomic E-state index is 12.1. The molecule has 4 nitrogen and oxygen atoms in total. The van der Waals surface area contributed by atoms with Crippen molar-refractivity contribution in [2.24, 2.45) is 0 Å². The number of urea groups is 1. The highest BCUT2D eigenvalue weighted by atomic mass is 16.3. The van der Waals surface area contributed by atoms with Crippen molar-refractivity contribution in [3.8, 4) is 0 Å². The molecule has 0 saturated carbocycles. The normalized spacial score (nSPS) is 14.7. The maximum Gasteiger partial charge on any atom is 0.318 e. The zero-order chi connectivity index (χ0) is 14.5. The van der Waals surface area contributed by atoms with Crippen LogP contribution in [-0.4, -0.2) is 24.0 Å². The fourth-order valence-corrected chi connectivity index (χ4v) is 2.46. The summed E-state index contributed by atoms with van der Waals surface area (Å²) >= 11 is 0. The van der Waals surface area contributed by atoms with Gasteiger partial charge in [0.1, 0.15) is 5.76 Å². The summed E-state index contributed by atoms with van der Waals surface area (Å²) in [5.74, 6) is 0.765. The van der Waals surface area contributed by atoms with E-state index >= 15 is 0 Å². The summed E-state index contributed by atoms with van der Waals surface area (Å²) in [6.45, 7) is 1.82. The van der Waals surface area contributed by atoms with E-state index in [4.69, 9.17) is 4.42 Å². The summed E-state index contributed by atoms with van der Waals surface area (Å²) in [5, 5.41) is 2.87. The lowest BCUT2D eigenvalue weighted by Gasteiger charge is -2.26. The van der Waals surface area contributed by atoms with Gasteiger partial charge in [-0.05, 0) is 29.7 Å². The van der Waals surface area contributed by atoms with E-state index in [0.29, 0.717) is 13.1 Å². The SMILES string of the molecule is O=C(NCc1ccco1)N1CC=C(c2ccccc2)CC1. The van der Waals surface area contributed by atoms with Crippen LogP contribution in [0.25, 0.3) is 5.57 Å². The van der Waals surface area contributed by atoms with Crippen LogP contribution in [0.15, 0.2) is 59.2 Å². The molecule has 1 aromatic carbocycles. The number of hydrogen-bond donors (Lipinski definition) is 1. The Morgan fingerprint density at radius 3 is 2.71 bits per heavy atom. The lowest BCUT2D eigenvalue weighted by molar-refractivity contribution is 0.201. The van der Waals surface area contributed by atoms with Crippen molar-refractivity contribution in [2.75, 3.05) is 13.1 Å². The van der Waals surface area contributed by atoms with Gasteiger partial charge in [0.05, 0.1) is 12.8 Å². The first-order chi connectivity index (χ1) is 10.3. The minimum absolute atomic E-state index is 0.0465. The van der Waals surface area contributed by atoms with Gasteiger partial charge in [-0.15, -0.1) is 0 Å². The molecule has 2 heterocycles. The molecule has 0 fully saturated rings. The largest absolute Gasteiger partial charge is 0.467 e. The number of rotatable bonds is 3. The predicted octanol–water partition coefficient (Wildman–Crippen LogP) is 3.28. The van der Waals surface area contributed by atoms with Crippen molar-refractivity contribution in [2.45, 2.75) is 13.0 Å². The lowest BCUT2D eigenvalue weighted by atomic mass is 10.00. The molecule has 2 amide bonds. The summed E-state index contributed by atoms with van der Waals surface area (Å²) in [6, 6.07) is 13.9. The quantitative estimate of drug-likeness (QED) is 0.939. The van der Waals surface area contributed by atoms with E-state index in [1.807, 2.05) is 35.2 Å². The van der Waals surface area contributed by atoms with Gasteiger partial charge < -0.3 is 14.6 Å². The minimum atomic E-state index is -0.0465. The Hall–Kier alpha value is -2.49. The van der Waals surface area contributed by atoms with Gasteiger partial charge in [0.2, 0.25) is 0 Å². The van der Waals surface area contributed by atoms with Crippen LogP contribution in [0.3, 0.4) is 0 Å². The van der Waals surface area contributed by atoms with Gasteiger partial charge in [-0.25, -0.2) is 4.79 Å². The number of carbonyl (C=O) groups is 1. The second-order valence-electron chi connectivity index (χ2n) is 5.03. The summed E-state index contributed by atoms with van der Waals surface area (Å²) < 4.78 is 5.20. The van der Waals surface area contributed by atoms with E-state index in [1.165, 1.54) is 11.1 Å². The molecular weight excluding hydrogens is 264 g/mol. The topological polar surface area (TPSA) is 45.5 Å². The van der Waals surface area contributed by atoms with Gasteiger partial charge in [0, 0.05) is 13.1 Å². The van der Waals surface area contributed by atoms with Crippen LogP contribution in [0.1, 0.15) is 17.7 Å². The van der Waals surface area contributed by atoms with E-state index in [9.17, 15) is 4.79 Å². The second-order valence-corrected chi connectivity index (χ2v) is 5.03. The Labute approximate surface area is 124 Å². The van der Waals surface area contributed by atoms with Crippen LogP contribution in [0, 0.1) is 0 Å². The molecule has 4 heteroatoms. The van der Waals surface area contributed by atoms with Gasteiger partial charge >= 0.3 is 6.03 Å². The third-order valence-corrected chi connectivity index (χ3v) is 3.63. The van der Waals surface area contributed by atoms with Crippen LogP contribution in [0.2, 0.25) is 0 Å². The number of benzene rings is 1. The number of nitrogens with one attached hydrogen (secondary N) is 1. The van der Waals surface area contributed by atoms with E-state index in [2.05, 4.69) is 23.5 Å². The number of furan rings is 1. The zero-order valence-corrected chi connectivity index (χ0v) is 11.8. The number of carbonyl (C=O) groups excluding carboxylic acids is 1. The van der Waals surface area contributed by atoms with Gasteiger partial charge in [0.25, 0.3) is 0 Å². The van der Waals surface area contributed by atoms with Crippen molar-refractivity contribution < 1.29 is 9.21 Å². The summed E-state index contributed by atoms with van der Waals surface area (Å²) in [4.78, 5) is 13.9. The molecule has 0 spiro atoms. The van der Waals surface area contributed by atoms with Crippen molar-refractivity contribution >= 4 is 11.6 Å². The van der Waals surface area contributed by atoms with Gasteiger partial charge in [-0.1, -0.05) is 36.4 Å². The molecular formula is C17H18N2O2. The molecule has 1 aromatic heterocycles. The molecule has 0 saturated heterocycles. The third kappa shape index (κ3) is 3.34. The minimum Gasteiger partial charge on any atom is -0.467 e. The van der Waals surface area contributed by atoms with Crippen molar-refractivity contribution in [1.29, 1.82) is 0 Å². The molecule has 1 N–H and O–H groups in total. The Balaban J connectivity index is 1.55. The van der Waals surface area contributed by atoms with Crippen LogP contribution >= 0.6 is 0 Å². The molecule has 0 bridgehead atoms. The predicted molar refractivity (Wildman–Crippen MR) is 81.6 cm³/mol. The third-order valence-electron chi connectivity index (χ3n) is 3.63. The average molecular weight is 282 g/mol. The molecule has 3 rings (SSSR count). The fraction of sp³-hybridized carbons (Fsp3) is 0.235. The standard InChI is InChI=1S/C17H18N2O2/c20-17(18-13-16-7-4-12-21-16)19-10-8-15(9-11-19)14-5-2-1-3-6-14/h1-8,12H,9-11,13H2,(H,18,20). The Bertz CT molecular complexity index is 618. The lowest BCUT2D eigenvalue weighted by Crippen LogP contribution is -2.41. The van der Waals surface area contributed by atoms with Crippen LogP contribution in [0.4, 0.5) is 4.79 Å². The van der Waals surface area contributed by atoms with E-state index < -0.39 is 0 Å². The number of hydrogen-bond acceptors (Lipinski definition) is 2. The van der Waals surface area contributed by atoms with Crippen LogP contribution in [-0.2, 0) is 6.54 Å². The molecule has 0 atom stereocenters. The molecule has 2 aromatic rings. The fourth-order valence-electron chi connectivity index (χ4n) is 2.46. The zero-order valence-electron chi connectivity index (χ0n) is 11.8. The van der Waals surface area contributed by atoms with E-state index in [1.54, 1.807) is 6.26 Å². The van der Waals surface area contributed by atoms with Crippen molar-refractivity contribution in [3.63, 3.8) is 0 Å². The Morgan fingerprint density at radius 1 is 1.19 bits per heavy atom. The van der Waals surface area contributed by atoms with Crippen molar-refractivity contribution in [1.82, 2.24) is 10.2 Å². The first-order valence-electron chi connectivity index (χ1n) is 7.12. The molecule has 0 unspecified atom stereocenters. The number of nitrogens with zero attached hydrogens (tertiary/aromatic N) is 1. The maximum absolute atomic E-state index is 12.1. The molecule has 1 aliphatic rings. The van der Waals surface area contributed by atoms with E-state index in [0.717, 1.165) is 18.7 Å². The summed E-state index contributed by atoms with van der Waals surface area (Å²) in [5.41, 5.74) is 2.55. The second kappa shape index (κ2) is 6.31. The average Bonchev–Trinajstić information content (AvgIpc) is 3.07. The van der Waals surface area contributed by atoms with Crippen LogP contribution < -0.4 is 5.32 Å². The van der Waals surface area contributed by atoms with Gasteiger partial charge in [0.15, 0.2) is 0 Å². The van der Waals surface area contributed by atoms with Crippen molar-refractivity contribution in [3.05, 3.63) is 66.1 Å². The van der Waals surface area contributed by atoms with Gasteiger partial charge in [-0.2, -0.15) is 0 Å².